The fraction of sp³-hybridized carbons (Fsp3) is 0.200. The lowest BCUT2D eigenvalue weighted by atomic mass is 9.99. The summed E-state index contributed by atoms with van der Waals surface area (Å²) in [5.41, 5.74) is 0.793. The largest absolute Gasteiger partial charge is 0.508 e. The Morgan fingerprint density at radius 2 is 1.78 bits per heavy atom. The predicted molar refractivity (Wildman–Crippen MR) is 85.2 cm³/mol. The van der Waals surface area contributed by atoms with Crippen molar-refractivity contribution >= 4 is 13.4 Å². The molecule has 0 saturated carbocycles. The van der Waals surface area contributed by atoms with Gasteiger partial charge in [0.15, 0.2) is 0 Å². The zero-order valence-electron chi connectivity index (χ0n) is 12.1. The molecule has 2 aromatic rings. The van der Waals surface area contributed by atoms with Crippen LogP contribution in [-0.4, -0.2) is 25.1 Å². The molecule has 7 nitrogen and oxygen atoms in total. The standard InChI is InChI=1S/C15H18NO6P/c17-11-4-1-3-10(9-11)7-8-14(19)15-12(16-23(20,21)22)5-2-6-13(15)18/h1-6,9,14,17-19H,7-8H2,(H3,16,20,21,22). The Kier molecular flexibility index (Phi) is 5.28. The van der Waals surface area contributed by atoms with Crippen LogP contribution in [0.2, 0.25) is 0 Å². The molecule has 1 atom stereocenters. The van der Waals surface area contributed by atoms with Crippen molar-refractivity contribution in [2.45, 2.75) is 18.9 Å². The summed E-state index contributed by atoms with van der Waals surface area (Å²) in [6.45, 7) is 0. The van der Waals surface area contributed by atoms with Gasteiger partial charge in [0.1, 0.15) is 11.5 Å². The second-order valence-electron chi connectivity index (χ2n) is 5.12. The maximum Gasteiger partial charge on any atom is 0.427 e. The minimum absolute atomic E-state index is 0.0241. The van der Waals surface area contributed by atoms with E-state index in [9.17, 15) is 19.9 Å². The quantitative estimate of drug-likeness (QED) is 0.445. The number of aryl methyl sites for hydroxylation is 1. The van der Waals surface area contributed by atoms with Crippen LogP contribution in [0.1, 0.15) is 23.7 Å². The summed E-state index contributed by atoms with van der Waals surface area (Å²) in [5, 5.41) is 31.6. The molecule has 124 valence electrons. The minimum Gasteiger partial charge on any atom is -0.508 e. The molecule has 0 amide bonds. The van der Waals surface area contributed by atoms with E-state index in [4.69, 9.17) is 9.79 Å². The third kappa shape index (κ3) is 4.97. The van der Waals surface area contributed by atoms with E-state index in [1.165, 1.54) is 24.3 Å². The molecule has 0 aromatic heterocycles. The van der Waals surface area contributed by atoms with Crippen LogP contribution in [0.5, 0.6) is 11.5 Å². The van der Waals surface area contributed by atoms with Gasteiger partial charge in [-0.1, -0.05) is 18.2 Å². The van der Waals surface area contributed by atoms with Gasteiger partial charge in [-0.25, -0.2) is 4.57 Å². The van der Waals surface area contributed by atoms with Crippen molar-refractivity contribution in [1.29, 1.82) is 0 Å². The summed E-state index contributed by atoms with van der Waals surface area (Å²) in [6, 6.07) is 10.7. The van der Waals surface area contributed by atoms with Crippen molar-refractivity contribution in [2.75, 3.05) is 5.09 Å². The Labute approximate surface area is 133 Å². The molecular weight excluding hydrogens is 321 g/mol. The predicted octanol–water partition coefficient (Wildman–Crippen LogP) is 2.27. The molecule has 0 spiro atoms. The Morgan fingerprint density at radius 1 is 1.09 bits per heavy atom. The van der Waals surface area contributed by atoms with Gasteiger partial charge in [-0.3, -0.25) is 5.09 Å². The summed E-state index contributed by atoms with van der Waals surface area (Å²) >= 11 is 0. The molecule has 0 fully saturated rings. The van der Waals surface area contributed by atoms with Crippen molar-refractivity contribution < 1.29 is 29.7 Å². The van der Waals surface area contributed by atoms with Gasteiger partial charge in [-0.05, 0) is 42.7 Å². The number of aliphatic hydroxyl groups is 1. The molecule has 0 aliphatic heterocycles. The smallest absolute Gasteiger partial charge is 0.427 e. The molecule has 0 aliphatic rings. The van der Waals surface area contributed by atoms with Gasteiger partial charge in [0.05, 0.1) is 11.8 Å². The average molecular weight is 339 g/mol. The van der Waals surface area contributed by atoms with Crippen LogP contribution in [0, 0.1) is 0 Å². The van der Waals surface area contributed by atoms with Crippen LogP contribution in [0.4, 0.5) is 5.69 Å². The molecule has 2 aromatic carbocycles. The second-order valence-corrected chi connectivity index (χ2v) is 6.43. The number of hydrogen-bond acceptors (Lipinski definition) is 4. The molecule has 0 saturated heterocycles. The zero-order valence-corrected chi connectivity index (χ0v) is 13.0. The van der Waals surface area contributed by atoms with E-state index >= 15 is 0 Å². The molecule has 6 N–H and O–H groups in total. The van der Waals surface area contributed by atoms with Gasteiger partial charge < -0.3 is 25.1 Å². The van der Waals surface area contributed by atoms with Crippen molar-refractivity contribution in [3.8, 4) is 11.5 Å². The van der Waals surface area contributed by atoms with E-state index in [0.29, 0.717) is 6.42 Å². The van der Waals surface area contributed by atoms with Crippen molar-refractivity contribution in [1.82, 2.24) is 0 Å². The lowest BCUT2D eigenvalue weighted by Crippen LogP contribution is -2.05. The van der Waals surface area contributed by atoms with E-state index in [-0.39, 0.29) is 29.2 Å². The molecule has 0 bridgehead atoms. The van der Waals surface area contributed by atoms with Gasteiger partial charge in [0.25, 0.3) is 0 Å². The maximum atomic E-state index is 11.1. The summed E-state index contributed by atoms with van der Waals surface area (Å²) in [4.78, 5) is 18.0. The summed E-state index contributed by atoms with van der Waals surface area (Å²) in [5.74, 6) is -0.143. The van der Waals surface area contributed by atoms with Gasteiger partial charge in [0, 0.05) is 5.56 Å². The fourth-order valence-corrected chi connectivity index (χ4v) is 2.83. The number of phenolic OH excluding ortho intramolecular Hbond substituents is 2. The molecule has 0 heterocycles. The van der Waals surface area contributed by atoms with Gasteiger partial charge in [0.2, 0.25) is 0 Å². The lowest BCUT2D eigenvalue weighted by Gasteiger charge is -2.18. The number of aliphatic hydroxyl groups excluding tert-OH is 1. The number of hydrogen-bond donors (Lipinski definition) is 6. The van der Waals surface area contributed by atoms with Crippen molar-refractivity contribution in [2.24, 2.45) is 0 Å². The maximum absolute atomic E-state index is 11.1. The minimum atomic E-state index is -4.56. The zero-order chi connectivity index (χ0) is 17.0. The SMILES string of the molecule is O=P(O)(O)Nc1cccc(O)c1C(O)CCc1cccc(O)c1. The van der Waals surface area contributed by atoms with Crippen LogP contribution in [-0.2, 0) is 11.0 Å². The third-order valence-corrected chi connectivity index (χ3v) is 3.83. The van der Waals surface area contributed by atoms with Crippen LogP contribution < -0.4 is 5.09 Å². The summed E-state index contributed by atoms with van der Waals surface area (Å²) < 4.78 is 11.1. The van der Waals surface area contributed by atoms with E-state index < -0.39 is 13.9 Å². The molecule has 1 unspecified atom stereocenters. The van der Waals surface area contributed by atoms with Gasteiger partial charge in [-0.15, -0.1) is 0 Å². The van der Waals surface area contributed by atoms with Crippen LogP contribution >= 0.6 is 7.75 Å². The second kappa shape index (κ2) is 7.02. The number of aromatic hydroxyl groups is 2. The lowest BCUT2D eigenvalue weighted by molar-refractivity contribution is 0.165. The average Bonchev–Trinajstić information content (AvgIpc) is 2.43. The molecule has 0 radical (unpaired) electrons. The number of rotatable bonds is 6. The Hall–Kier alpha value is -2.05. The van der Waals surface area contributed by atoms with Gasteiger partial charge >= 0.3 is 7.75 Å². The number of phenols is 2. The van der Waals surface area contributed by atoms with E-state index in [0.717, 1.165) is 5.56 Å². The van der Waals surface area contributed by atoms with Crippen LogP contribution in [0.25, 0.3) is 0 Å². The first kappa shape index (κ1) is 17.3. The van der Waals surface area contributed by atoms with E-state index in [1.54, 1.807) is 18.2 Å². The fourth-order valence-electron chi connectivity index (χ4n) is 2.32. The highest BCUT2D eigenvalue weighted by Crippen LogP contribution is 2.41. The molecule has 0 aliphatic carbocycles. The molecule has 2 rings (SSSR count). The Balaban J connectivity index is 2.18. The van der Waals surface area contributed by atoms with Crippen LogP contribution in [0.15, 0.2) is 42.5 Å². The van der Waals surface area contributed by atoms with Crippen molar-refractivity contribution in [3.63, 3.8) is 0 Å². The van der Waals surface area contributed by atoms with E-state index in [2.05, 4.69) is 0 Å². The molecule has 23 heavy (non-hydrogen) atoms. The molecule has 8 heteroatoms. The highest BCUT2D eigenvalue weighted by Gasteiger charge is 2.21. The third-order valence-electron chi connectivity index (χ3n) is 3.30. The Morgan fingerprint density at radius 3 is 2.43 bits per heavy atom. The first-order valence-electron chi connectivity index (χ1n) is 6.88. The van der Waals surface area contributed by atoms with E-state index in [1.807, 2.05) is 5.09 Å². The summed E-state index contributed by atoms with van der Waals surface area (Å²) in [6.07, 6.45) is -0.511. The monoisotopic (exact) mass is 339 g/mol. The first-order chi connectivity index (χ1) is 10.8. The molecular formula is C15H18NO6P. The first-order valence-corrected chi connectivity index (χ1v) is 8.49. The number of benzene rings is 2. The van der Waals surface area contributed by atoms with Crippen molar-refractivity contribution in [3.05, 3.63) is 53.6 Å². The van der Waals surface area contributed by atoms with Gasteiger partial charge in [-0.2, -0.15) is 0 Å². The summed E-state index contributed by atoms with van der Waals surface area (Å²) in [7, 11) is -4.56. The van der Waals surface area contributed by atoms with Crippen LogP contribution in [0.3, 0.4) is 0 Å². The highest BCUT2D eigenvalue weighted by atomic mass is 31.2. The number of anilines is 1. The normalized spacial score (nSPS) is 12.8. The topological polar surface area (TPSA) is 130 Å². The Bertz CT molecular complexity index is 730. The number of nitrogens with one attached hydrogen (secondary N) is 1. The highest BCUT2D eigenvalue weighted by molar-refractivity contribution is 7.53.